The number of hydrogen-bond acceptors (Lipinski definition) is 0. The minimum absolute atomic E-state index is 0.515. The zero-order valence-corrected chi connectivity index (χ0v) is 10.3. The molecule has 0 spiro atoms. The van der Waals surface area contributed by atoms with E-state index in [4.69, 9.17) is 0 Å². The summed E-state index contributed by atoms with van der Waals surface area (Å²) in [5.41, 5.74) is 0.515. The molecule has 3 atom stereocenters. The second kappa shape index (κ2) is 3.69. The molecule has 0 nitrogen and oxygen atoms in total. The van der Waals surface area contributed by atoms with Crippen molar-refractivity contribution in [2.24, 2.45) is 17.3 Å². The van der Waals surface area contributed by atoms with Crippen LogP contribution in [0.2, 0.25) is 0 Å². The van der Waals surface area contributed by atoms with E-state index >= 15 is 0 Å². The van der Waals surface area contributed by atoms with Crippen LogP contribution in [-0.2, 0) is 0 Å². The molecule has 1 heteroatoms. The Labute approximate surface area is 85.3 Å². The fourth-order valence-corrected chi connectivity index (χ4v) is 2.63. The minimum atomic E-state index is 0.515. The van der Waals surface area contributed by atoms with Gasteiger partial charge >= 0.3 is 0 Å². The molecule has 1 rings (SSSR count). The van der Waals surface area contributed by atoms with Gasteiger partial charge in [-0.1, -0.05) is 43.6 Å². The molecule has 72 valence electrons. The first-order valence-electron chi connectivity index (χ1n) is 5.05. The number of rotatable bonds is 0. The van der Waals surface area contributed by atoms with Crippen LogP contribution in [0.15, 0.2) is 0 Å². The lowest BCUT2D eigenvalue weighted by Crippen LogP contribution is -2.30. The van der Waals surface area contributed by atoms with Crippen LogP contribution in [0.5, 0.6) is 0 Å². The molecule has 0 saturated heterocycles. The minimum Gasteiger partial charge on any atom is -0.0888 e. The summed E-state index contributed by atoms with van der Waals surface area (Å²) in [6, 6.07) is 0. The van der Waals surface area contributed by atoms with Crippen LogP contribution in [-0.4, -0.2) is 4.83 Å². The number of hydrogen-bond donors (Lipinski definition) is 0. The van der Waals surface area contributed by atoms with Crippen LogP contribution in [0.4, 0.5) is 0 Å². The molecular weight excluding hydrogens is 212 g/mol. The van der Waals surface area contributed by atoms with Gasteiger partial charge in [0.25, 0.3) is 0 Å². The first kappa shape index (κ1) is 10.6. The first-order chi connectivity index (χ1) is 5.41. The van der Waals surface area contributed by atoms with Gasteiger partial charge in [0.2, 0.25) is 0 Å². The second-order valence-corrected chi connectivity index (χ2v) is 6.55. The van der Waals surface area contributed by atoms with Crippen molar-refractivity contribution in [3.8, 4) is 0 Å². The standard InChI is InChI=1S/C11H21Br/c1-8-7-9(11(2,3)4)5-6-10(8)12/h8-10H,5-7H2,1-4H3/t8-,9+,10-/m0/s1. The summed E-state index contributed by atoms with van der Waals surface area (Å²) in [6.07, 6.45) is 4.17. The Bertz CT molecular complexity index is 146. The maximum Gasteiger partial charge on any atom is 0.0171 e. The van der Waals surface area contributed by atoms with E-state index in [9.17, 15) is 0 Å². The van der Waals surface area contributed by atoms with Gasteiger partial charge in [0.05, 0.1) is 0 Å². The van der Waals surface area contributed by atoms with Gasteiger partial charge in [-0.25, -0.2) is 0 Å². The zero-order chi connectivity index (χ0) is 9.35. The predicted molar refractivity (Wildman–Crippen MR) is 58.7 cm³/mol. The number of halogens is 1. The molecule has 1 fully saturated rings. The Balaban J connectivity index is 2.51. The van der Waals surface area contributed by atoms with E-state index in [-0.39, 0.29) is 0 Å². The van der Waals surface area contributed by atoms with E-state index in [1.165, 1.54) is 19.3 Å². The van der Waals surface area contributed by atoms with Gasteiger partial charge in [-0.05, 0) is 36.5 Å². The number of alkyl halides is 1. The molecule has 1 saturated carbocycles. The van der Waals surface area contributed by atoms with Gasteiger partial charge in [0.1, 0.15) is 0 Å². The monoisotopic (exact) mass is 232 g/mol. The van der Waals surface area contributed by atoms with E-state index in [1.54, 1.807) is 0 Å². The molecule has 0 aromatic carbocycles. The molecule has 0 aromatic heterocycles. The molecule has 0 unspecified atom stereocenters. The molecule has 0 bridgehead atoms. The maximum atomic E-state index is 3.75. The Morgan fingerprint density at radius 3 is 2.17 bits per heavy atom. The van der Waals surface area contributed by atoms with Crippen molar-refractivity contribution in [1.29, 1.82) is 0 Å². The molecule has 0 amide bonds. The molecule has 12 heavy (non-hydrogen) atoms. The van der Waals surface area contributed by atoms with Crippen LogP contribution < -0.4 is 0 Å². The molecule has 1 aliphatic carbocycles. The third-order valence-corrected chi connectivity index (χ3v) is 4.65. The summed E-state index contributed by atoms with van der Waals surface area (Å²) in [4.78, 5) is 0.774. The molecular formula is C11H21Br. The van der Waals surface area contributed by atoms with Gasteiger partial charge in [-0.2, -0.15) is 0 Å². The fraction of sp³-hybridized carbons (Fsp3) is 1.00. The smallest absolute Gasteiger partial charge is 0.0171 e. The van der Waals surface area contributed by atoms with Crippen LogP contribution >= 0.6 is 15.9 Å². The third kappa shape index (κ3) is 2.48. The molecule has 0 radical (unpaired) electrons. The molecule has 0 N–H and O–H groups in total. The Hall–Kier alpha value is 0.480. The van der Waals surface area contributed by atoms with Crippen molar-refractivity contribution in [3.63, 3.8) is 0 Å². The summed E-state index contributed by atoms with van der Waals surface area (Å²) in [5, 5.41) is 0. The molecule has 0 aliphatic heterocycles. The predicted octanol–water partition coefficient (Wildman–Crippen LogP) is 4.23. The van der Waals surface area contributed by atoms with E-state index in [0.29, 0.717) is 5.41 Å². The fourth-order valence-electron chi connectivity index (χ4n) is 2.15. The summed E-state index contributed by atoms with van der Waals surface area (Å²) >= 11 is 3.75. The molecule has 0 aromatic rings. The van der Waals surface area contributed by atoms with Crippen LogP contribution in [0.1, 0.15) is 47.0 Å². The quantitative estimate of drug-likeness (QED) is 0.549. The summed E-state index contributed by atoms with van der Waals surface area (Å²) in [7, 11) is 0. The highest BCUT2D eigenvalue weighted by Gasteiger charge is 2.32. The van der Waals surface area contributed by atoms with Crippen LogP contribution in [0.3, 0.4) is 0 Å². The van der Waals surface area contributed by atoms with Crippen LogP contribution in [0, 0.1) is 17.3 Å². The summed E-state index contributed by atoms with van der Waals surface area (Å²) in [5.74, 6) is 1.80. The van der Waals surface area contributed by atoms with E-state index in [1.807, 2.05) is 0 Å². The SMILES string of the molecule is C[C@H]1C[C@H](C(C)(C)C)CC[C@@H]1Br. The first-order valence-corrected chi connectivity index (χ1v) is 5.97. The lowest BCUT2D eigenvalue weighted by atomic mass is 9.69. The van der Waals surface area contributed by atoms with Crippen molar-refractivity contribution in [2.75, 3.05) is 0 Å². The highest BCUT2D eigenvalue weighted by atomic mass is 79.9. The average Bonchev–Trinajstić information content (AvgIpc) is 1.92. The second-order valence-electron chi connectivity index (χ2n) is 5.37. The third-order valence-electron chi connectivity index (χ3n) is 3.29. The van der Waals surface area contributed by atoms with E-state index in [0.717, 1.165) is 16.7 Å². The van der Waals surface area contributed by atoms with Crippen molar-refractivity contribution < 1.29 is 0 Å². The normalized spacial score (nSPS) is 38.2. The zero-order valence-electron chi connectivity index (χ0n) is 8.73. The molecule has 1 aliphatic rings. The Morgan fingerprint density at radius 2 is 1.75 bits per heavy atom. The van der Waals surface area contributed by atoms with Crippen molar-refractivity contribution in [3.05, 3.63) is 0 Å². The lowest BCUT2D eigenvalue weighted by molar-refractivity contribution is 0.153. The van der Waals surface area contributed by atoms with Crippen molar-refractivity contribution in [2.45, 2.75) is 51.8 Å². The molecule has 0 heterocycles. The Kier molecular flexibility index (Phi) is 3.25. The Morgan fingerprint density at radius 1 is 1.17 bits per heavy atom. The van der Waals surface area contributed by atoms with Gasteiger partial charge in [-0.15, -0.1) is 0 Å². The van der Waals surface area contributed by atoms with E-state index < -0.39 is 0 Å². The topological polar surface area (TPSA) is 0 Å². The van der Waals surface area contributed by atoms with Gasteiger partial charge in [0.15, 0.2) is 0 Å². The van der Waals surface area contributed by atoms with Crippen LogP contribution in [0.25, 0.3) is 0 Å². The highest BCUT2D eigenvalue weighted by Crippen LogP contribution is 2.42. The van der Waals surface area contributed by atoms with Crippen molar-refractivity contribution in [1.82, 2.24) is 0 Å². The maximum absolute atomic E-state index is 3.75. The average molecular weight is 233 g/mol. The van der Waals surface area contributed by atoms with Gasteiger partial charge in [-0.3, -0.25) is 0 Å². The largest absolute Gasteiger partial charge is 0.0888 e. The van der Waals surface area contributed by atoms with E-state index in [2.05, 4.69) is 43.6 Å². The summed E-state index contributed by atoms with van der Waals surface area (Å²) in [6.45, 7) is 9.49. The summed E-state index contributed by atoms with van der Waals surface area (Å²) < 4.78 is 0. The van der Waals surface area contributed by atoms with Gasteiger partial charge in [0, 0.05) is 4.83 Å². The van der Waals surface area contributed by atoms with Crippen molar-refractivity contribution >= 4 is 15.9 Å². The van der Waals surface area contributed by atoms with Gasteiger partial charge < -0.3 is 0 Å². The lowest BCUT2D eigenvalue weighted by Gasteiger charge is -2.38. The highest BCUT2D eigenvalue weighted by molar-refractivity contribution is 9.09.